The van der Waals surface area contributed by atoms with Crippen molar-refractivity contribution in [3.8, 4) is 0 Å². The lowest BCUT2D eigenvalue weighted by Gasteiger charge is -2.19. The first-order chi connectivity index (χ1) is 12.9. The normalized spacial score (nSPS) is 16.6. The van der Waals surface area contributed by atoms with Crippen LogP contribution < -0.4 is 10.2 Å². The fourth-order valence-electron chi connectivity index (χ4n) is 3.93. The van der Waals surface area contributed by atoms with Crippen molar-refractivity contribution in [3.63, 3.8) is 0 Å². The molecule has 0 radical (unpaired) electrons. The Labute approximate surface area is 168 Å². The van der Waals surface area contributed by atoms with Gasteiger partial charge in [0.2, 0.25) is 0 Å². The van der Waals surface area contributed by atoms with Gasteiger partial charge < -0.3 is 15.2 Å². The largest absolute Gasteiger partial charge is 0.371 e. The summed E-state index contributed by atoms with van der Waals surface area (Å²) in [4.78, 5) is 30.0. The Balaban J connectivity index is 1.62. The first kappa shape index (κ1) is 19.7. The Hall–Kier alpha value is -2.08. The van der Waals surface area contributed by atoms with Crippen molar-refractivity contribution in [3.05, 3.63) is 51.3 Å². The second-order valence-electron chi connectivity index (χ2n) is 7.18. The van der Waals surface area contributed by atoms with Gasteiger partial charge in [-0.3, -0.25) is 9.59 Å². The van der Waals surface area contributed by atoms with Crippen molar-refractivity contribution in [2.24, 2.45) is 5.92 Å². The highest BCUT2D eigenvalue weighted by atomic mass is 79.9. The van der Waals surface area contributed by atoms with E-state index in [-0.39, 0.29) is 11.7 Å². The third kappa shape index (κ3) is 4.26. The van der Waals surface area contributed by atoms with Gasteiger partial charge in [-0.25, -0.2) is 0 Å². The van der Waals surface area contributed by atoms with Crippen LogP contribution in [0.15, 0.2) is 28.7 Å². The lowest BCUT2D eigenvalue weighted by Crippen LogP contribution is -2.31. The molecule has 1 amide bonds. The van der Waals surface area contributed by atoms with Crippen LogP contribution in [0.3, 0.4) is 0 Å². The SMILES string of the molecule is CCc1c(C(=O)NCC2CCN(c3cccc(Br)c3)C2)[nH]c(C)c1C(C)=O. The van der Waals surface area contributed by atoms with Crippen molar-refractivity contribution < 1.29 is 9.59 Å². The van der Waals surface area contributed by atoms with E-state index in [0.29, 0.717) is 30.1 Å². The molecule has 0 saturated carbocycles. The Kier molecular flexibility index (Phi) is 6.05. The van der Waals surface area contributed by atoms with Gasteiger partial charge in [0.15, 0.2) is 5.78 Å². The second kappa shape index (κ2) is 8.30. The average molecular weight is 432 g/mol. The number of carbonyl (C=O) groups excluding carboxylic acids is 2. The molecule has 0 spiro atoms. The highest BCUT2D eigenvalue weighted by Gasteiger charge is 2.25. The Morgan fingerprint density at radius 1 is 1.37 bits per heavy atom. The molecule has 1 saturated heterocycles. The summed E-state index contributed by atoms with van der Waals surface area (Å²) in [6, 6.07) is 8.31. The molecule has 2 N–H and O–H groups in total. The number of H-pyrrole nitrogens is 1. The number of hydrogen-bond donors (Lipinski definition) is 2. The topological polar surface area (TPSA) is 65.2 Å². The number of nitrogens with one attached hydrogen (secondary N) is 2. The van der Waals surface area contributed by atoms with Gasteiger partial charge in [-0.1, -0.05) is 28.9 Å². The average Bonchev–Trinajstić information content (AvgIpc) is 3.23. The zero-order valence-corrected chi connectivity index (χ0v) is 17.6. The molecule has 2 heterocycles. The van der Waals surface area contributed by atoms with E-state index in [1.807, 2.05) is 26.0 Å². The number of Topliss-reactive ketones (excluding diaryl/α,β-unsaturated/α-hetero) is 1. The molecule has 1 aliphatic rings. The number of aryl methyl sites for hydroxylation is 1. The zero-order valence-electron chi connectivity index (χ0n) is 16.1. The van der Waals surface area contributed by atoms with Crippen molar-refractivity contribution in [2.75, 3.05) is 24.5 Å². The van der Waals surface area contributed by atoms with Crippen LogP contribution in [0.25, 0.3) is 0 Å². The quantitative estimate of drug-likeness (QED) is 0.676. The first-order valence-corrected chi connectivity index (χ1v) is 10.2. The number of aromatic amines is 1. The number of amides is 1. The van der Waals surface area contributed by atoms with Crippen LogP contribution in [-0.2, 0) is 6.42 Å². The summed E-state index contributed by atoms with van der Waals surface area (Å²) in [5.41, 5.74) is 3.98. The molecule has 1 aromatic carbocycles. The number of nitrogens with zero attached hydrogens (tertiary/aromatic N) is 1. The van der Waals surface area contributed by atoms with Crippen molar-refractivity contribution in [1.82, 2.24) is 10.3 Å². The van der Waals surface area contributed by atoms with E-state index in [4.69, 9.17) is 0 Å². The zero-order chi connectivity index (χ0) is 19.6. The van der Waals surface area contributed by atoms with Crippen LogP contribution in [0.5, 0.6) is 0 Å². The highest BCUT2D eigenvalue weighted by Crippen LogP contribution is 2.26. The van der Waals surface area contributed by atoms with E-state index in [9.17, 15) is 9.59 Å². The third-order valence-electron chi connectivity index (χ3n) is 5.23. The molecule has 1 fully saturated rings. The summed E-state index contributed by atoms with van der Waals surface area (Å²) in [7, 11) is 0. The standard InChI is InChI=1S/C21H26BrN3O2/c1-4-18-19(14(3)26)13(2)24-20(18)21(27)23-11-15-8-9-25(12-15)17-7-5-6-16(22)10-17/h5-7,10,15,24H,4,8-9,11-12H2,1-3H3,(H,23,27). The fourth-order valence-corrected chi connectivity index (χ4v) is 4.32. The molecule has 1 aliphatic heterocycles. The smallest absolute Gasteiger partial charge is 0.268 e. The summed E-state index contributed by atoms with van der Waals surface area (Å²) in [6.45, 7) is 7.93. The van der Waals surface area contributed by atoms with E-state index in [0.717, 1.165) is 35.2 Å². The summed E-state index contributed by atoms with van der Waals surface area (Å²) < 4.78 is 1.08. The van der Waals surface area contributed by atoms with Gasteiger partial charge in [-0.2, -0.15) is 0 Å². The maximum atomic E-state index is 12.7. The van der Waals surface area contributed by atoms with Crippen LogP contribution >= 0.6 is 15.9 Å². The van der Waals surface area contributed by atoms with Crippen LogP contribution in [0.1, 0.15) is 52.4 Å². The molecule has 27 heavy (non-hydrogen) atoms. The Bertz CT molecular complexity index is 859. The number of benzene rings is 1. The number of carbonyl (C=O) groups is 2. The van der Waals surface area contributed by atoms with Crippen LogP contribution in [0.2, 0.25) is 0 Å². The van der Waals surface area contributed by atoms with Gasteiger partial charge >= 0.3 is 0 Å². The molecular formula is C21H26BrN3O2. The maximum absolute atomic E-state index is 12.7. The summed E-state index contributed by atoms with van der Waals surface area (Å²) >= 11 is 3.52. The van der Waals surface area contributed by atoms with Crippen molar-refractivity contribution in [1.29, 1.82) is 0 Å². The van der Waals surface area contributed by atoms with Crippen LogP contribution in [0, 0.1) is 12.8 Å². The molecular weight excluding hydrogens is 406 g/mol. The molecule has 3 rings (SSSR count). The molecule has 1 atom stereocenters. The second-order valence-corrected chi connectivity index (χ2v) is 8.09. The molecule has 6 heteroatoms. The first-order valence-electron chi connectivity index (χ1n) is 9.41. The summed E-state index contributed by atoms with van der Waals surface area (Å²) in [5.74, 6) is 0.296. The van der Waals surface area contributed by atoms with Gasteiger partial charge in [0.1, 0.15) is 5.69 Å². The van der Waals surface area contributed by atoms with Crippen molar-refractivity contribution >= 4 is 33.3 Å². The molecule has 0 bridgehead atoms. The minimum absolute atomic E-state index is 0.0000987. The van der Waals surface area contributed by atoms with E-state index < -0.39 is 0 Å². The Morgan fingerprint density at radius 2 is 2.15 bits per heavy atom. The van der Waals surface area contributed by atoms with Crippen LogP contribution in [0.4, 0.5) is 5.69 Å². The number of hydrogen-bond acceptors (Lipinski definition) is 3. The minimum Gasteiger partial charge on any atom is -0.371 e. The van der Waals surface area contributed by atoms with Crippen molar-refractivity contribution in [2.45, 2.75) is 33.6 Å². The van der Waals surface area contributed by atoms with Gasteiger partial charge in [0.25, 0.3) is 5.91 Å². The molecule has 1 unspecified atom stereocenters. The van der Waals surface area contributed by atoms with Gasteiger partial charge in [0.05, 0.1) is 0 Å². The summed E-state index contributed by atoms with van der Waals surface area (Å²) in [6.07, 6.45) is 1.71. The molecule has 1 aromatic heterocycles. The molecule has 0 aliphatic carbocycles. The predicted octanol–water partition coefficient (Wildman–Crippen LogP) is 4.11. The predicted molar refractivity (Wildman–Crippen MR) is 112 cm³/mol. The van der Waals surface area contributed by atoms with E-state index in [2.05, 4.69) is 43.3 Å². The van der Waals surface area contributed by atoms with Gasteiger partial charge in [-0.05, 0) is 56.4 Å². The lowest BCUT2D eigenvalue weighted by molar-refractivity contribution is 0.0942. The molecule has 2 aromatic rings. The number of halogens is 1. The van der Waals surface area contributed by atoms with E-state index >= 15 is 0 Å². The lowest BCUT2D eigenvalue weighted by atomic mass is 10.0. The number of anilines is 1. The van der Waals surface area contributed by atoms with E-state index in [1.165, 1.54) is 5.69 Å². The maximum Gasteiger partial charge on any atom is 0.268 e. The number of ketones is 1. The van der Waals surface area contributed by atoms with Gasteiger partial charge in [0, 0.05) is 41.1 Å². The minimum atomic E-state index is -0.122. The van der Waals surface area contributed by atoms with E-state index in [1.54, 1.807) is 6.92 Å². The third-order valence-corrected chi connectivity index (χ3v) is 5.73. The fraction of sp³-hybridized carbons (Fsp3) is 0.429. The van der Waals surface area contributed by atoms with Crippen LogP contribution in [-0.4, -0.2) is 36.3 Å². The highest BCUT2D eigenvalue weighted by molar-refractivity contribution is 9.10. The van der Waals surface area contributed by atoms with Gasteiger partial charge in [-0.15, -0.1) is 0 Å². The summed E-state index contributed by atoms with van der Waals surface area (Å²) in [5, 5.41) is 3.06. The molecule has 144 valence electrons. The number of aromatic nitrogens is 1. The Morgan fingerprint density at radius 3 is 2.81 bits per heavy atom. The molecule has 5 nitrogen and oxygen atoms in total. The number of rotatable bonds is 6. The monoisotopic (exact) mass is 431 g/mol.